The molecule has 1 aromatic carbocycles. The topological polar surface area (TPSA) is 47.0 Å². The van der Waals surface area contributed by atoms with E-state index in [9.17, 15) is 0 Å². The second kappa shape index (κ2) is 6.87. The summed E-state index contributed by atoms with van der Waals surface area (Å²) in [7, 11) is 1.68. The molecule has 112 valence electrons. The second-order valence-corrected chi connectivity index (χ2v) is 5.62. The molecule has 0 fully saturated rings. The normalized spacial score (nSPS) is 11.0. The average Bonchev–Trinajstić information content (AvgIpc) is 2.44. The molecule has 2 rings (SSSR count). The van der Waals surface area contributed by atoms with Crippen LogP contribution in [0.2, 0.25) is 5.15 Å². The lowest BCUT2D eigenvalue weighted by Gasteiger charge is -2.13. The quantitative estimate of drug-likeness (QED) is 0.829. The Kier molecular flexibility index (Phi) is 5.15. The lowest BCUT2D eigenvalue weighted by Crippen LogP contribution is -2.05. The van der Waals surface area contributed by atoms with Crippen molar-refractivity contribution >= 4 is 23.1 Å². The smallest absolute Gasteiger partial charge is 0.138 e. The molecular formula is C16H20ClN3O. The number of anilines is 2. The van der Waals surface area contributed by atoms with Crippen molar-refractivity contribution in [3.63, 3.8) is 0 Å². The minimum Gasteiger partial charge on any atom is -0.380 e. The van der Waals surface area contributed by atoms with E-state index in [2.05, 4.69) is 15.3 Å². The van der Waals surface area contributed by atoms with Crippen LogP contribution in [0.5, 0.6) is 0 Å². The van der Waals surface area contributed by atoms with Gasteiger partial charge >= 0.3 is 0 Å². The summed E-state index contributed by atoms with van der Waals surface area (Å²) in [6, 6.07) is 8.03. The van der Waals surface area contributed by atoms with Crippen molar-refractivity contribution in [2.24, 2.45) is 0 Å². The van der Waals surface area contributed by atoms with E-state index in [0.29, 0.717) is 11.8 Å². The molecule has 0 radical (unpaired) electrons. The first kappa shape index (κ1) is 15.7. The Hall–Kier alpha value is -1.65. The van der Waals surface area contributed by atoms with Gasteiger partial charge in [-0.1, -0.05) is 37.6 Å². The number of hydrogen-bond donors (Lipinski definition) is 1. The van der Waals surface area contributed by atoms with Gasteiger partial charge in [0.25, 0.3) is 0 Å². The van der Waals surface area contributed by atoms with Gasteiger partial charge in [0.2, 0.25) is 0 Å². The molecule has 0 saturated carbocycles. The van der Waals surface area contributed by atoms with Crippen LogP contribution < -0.4 is 5.32 Å². The summed E-state index contributed by atoms with van der Waals surface area (Å²) in [6.45, 7) is 6.58. The van der Waals surface area contributed by atoms with Crippen LogP contribution in [0.25, 0.3) is 0 Å². The average molecular weight is 306 g/mol. The maximum absolute atomic E-state index is 6.20. The van der Waals surface area contributed by atoms with Crippen molar-refractivity contribution in [2.75, 3.05) is 12.4 Å². The fourth-order valence-electron chi connectivity index (χ4n) is 1.93. The molecule has 0 aliphatic rings. The van der Waals surface area contributed by atoms with E-state index in [1.165, 1.54) is 0 Å². The number of aromatic nitrogens is 2. The minimum atomic E-state index is 0.225. The molecule has 0 unspecified atom stereocenters. The van der Waals surface area contributed by atoms with E-state index in [-0.39, 0.29) is 5.92 Å². The molecule has 0 bridgehead atoms. The van der Waals surface area contributed by atoms with Gasteiger partial charge in [0.1, 0.15) is 16.8 Å². The highest BCUT2D eigenvalue weighted by atomic mass is 35.5. The maximum atomic E-state index is 6.20. The number of nitrogens with one attached hydrogen (secondary N) is 1. The number of halogens is 1. The van der Waals surface area contributed by atoms with Gasteiger partial charge in [-0.25, -0.2) is 9.97 Å². The zero-order valence-corrected chi connectivity index (χ0v) is 13.5. The molecule has 0 saturated heterocycles. The van der Waals surface area contributed by atoms with E-state index >= 15 is 0 Å². The number of benzene rings is 1. The number of methoxy groups -OCH3 is 1. The first-order chi connectivity index (χ1) is 10.0. The van der Waals surface area contributed by atoms with Crippen molar-refractivity contribution in [1.82, 2.24) is 9.97 Å². The van der Waals surface area contributed by atoms with Crippen LogP contribution in [0.1, 0.15) is 36.7 Å². The van der Waals surface area contributed by atoms with E-state index in [1.807, 2.05) is 45.0 Å². The van der Waals surface area contributed by atoms with E-state index in [4.69, 9.17) is 16.3 Å². The molecule has 1 aromatic heterocycles. The third kappa shape index (κ3) is 3.93. The summed E-state index contributed by atoms with van der Waals surface area (Å²) in [6.07, 6.45) is 0. The lowest BCUT2D eigenvalue weighted by atomic mass is 10.2. The molecule has 1 N–H and O–H groups in total. The number of ether oxygens (including phenoxy) is 1. The lowest BCUT2D eigenvalue weighted by molar-refractivity contribution is 0.185. The Balaban J connectivity index is 2.32. The number of rotatable bonds is 5. The molecule has 21 heavy (non-hydrogen) atoms. The van der Waals surface area contributed by atoms with Crippen molar-refractivity contribution in [3.8, 4) is 0 Å². The molecule has 4 nitrogen and oxygen atoms in total. The van der Waals surface area contributed by atoms with Gasteiger partial charge in [-0.15, -0.1) is 0 Å². The molecule has 5 heteroatoms. The second-order valence-electron chi connectivity index (χ2n) is 5.26. The highest BCUT2D eigenvalue weighted by Gasteiger charge is 2.12. The molecule has 1 heterocycles. The summed E-state index contributed by atoms with van der Waals surface area (Å²) in [5.74, 6) is 1.71. The largest absolute Gasteiger partial charge is 0.380 e. The first-order valence-electron chi connectivity index (χ1n) is 6.90. The summed E-state index contributed by atoms with van der Waals surface area (Å²) in [4.78, 5) is 8.88. The number of nitrogens with zero attached hydrogens (tertiary/aromatic N) is 2. The summed E-state index contributed by atoms with van der Waals surface area (Å²) >= 11 is 6.20. The summed E-state index contributed by atoms with van der Waals surface area (Å²) < 4.78 is 5.15. The van der Waals surface area contributed by atoms with Crippen LogP contribution in [0, 0.1) is 6.92 Å². The monoisotopic (exact) mass is 305 g/mol. The van der Waals surface area contributed by atoms with Gasteiger partial charge in [-0.3, -0.25) is 0 Å². The van der Waals surface area contributed by atoms with Gasteiger partial charge in [0.05, 0.1) is 6.61 Å². The van der Waals surface area contributed by atoms with Gasteiger partial charge < -0.3 is 10.1 Å². The van der Waals surface area contributed by atoms with Crippen LogP contribution in [-0.2, 0) is 11.3 Å². The Labute approximate surface area is 130 Å². The standard InChI is InChI=1S/C16H20ClN3O/c1-10(2)15-19-14(17)11(3)16(20-15)18-13-7-5-6-12(8-13)9-21-4/h5-8,10H,9H2,1-4H3,(H,18,19,20). The van der Waals surface area contributed by atoms with E-state index in [1.54, 1.807) is 7.11 Å². The molecule has 0 aliphatic carbocycles. The number of hydrogen-bond acceptors (Lipinski definition) is 4. The van der Waals surface area contributed by atoms with Crippen molar-refractivity contribution in [1.29, 1.82) is 0 Å². The Morgan fingerprint density at radius 3 is 2.71 bits per heavy atom. The first-order valence-corrected chi connectivity index (χ1v) is 7.28. The fourth-order valence-corrected chi connectivity index (χ4v) is 2.10. The van der Waals surface area contributed by atoms with Gasteiger partial charge in [0, 0.05) is 24.3 Å². The molecule has 2 aromatic rings. The van der Waals surface area contributed by atoms with Crippen LogP contribution >= 0.6 is 11.6 Å². The molecule has 0 aliphatic heterocycles. The van der Waals surface area contributed by atoms with Crippen LogP contribution in [0.4, 0.5) is 11.5 Å². The zero-order valence-electron chi connectivity index (χ0n) is 12.8. The van der Waals surface area contributed by atoms with Crippen molar-refractivity contribution in [3.05, 3.63) is 46.4 Å². The SMILES string of the molecule is COCc1cccc(Nc2nc(C(C)C)nc(Cl)c2C)c1. The fraction of sp³-hybridized carbons (Fsp3) is 0.375. The summed E-state index contributed by atoms with van der Waals surface area (Å²) in [5, 5.41) is 3.81. The Morgan fingerprint density at radius 1 is 1.29 bits per heavy atom. The minimum absolute atomic E-state index is 0.225. The van der Waals surface area contributed by atoms with Crippen molar-refractivity contribution in [2.45, 2.75) is 33.3 Å². The molecule has 0 atom stereocenters. The third-order valence-corrected chi connectivity index (χ3v) is 3.49. The van der Waals surface area contributed by atoms with E-state index in [0.717, 1.165) is 28.5 Å². The molecule has 0 spiro atoms. The van der Waals surface area contributed by atoms with E-state index < -0.39 is 0 Å². The van der Waals surface area contributed by atoms with Gasteiger partial charge in [-0.2, -0.15) is 0 Å². The molecule has 0 amide bonds. The predicted molar refractivity (Wildman–Crippen MR) is 86.3 cm³/mol. The van der Waals surface area contributed by atoms with Crippen LogP contribution in [0.15, 0.2) is 24.3 Å². The summed E-state index contributed by atoms with van der Waals surface area (Å²) in [5.41, 5.74) is 2.90. The Bertz CT molecular complexity index is 629. The van der Waals surface area contributed by atoms with Crippen LogP contribution in [0.3, 0.4) is 0 Å². The van der Waals surface area contributed by atoms with Gasteiger partial charge in [0.15, 0.2) is 0 Å². The zero-order chi connectivity index (χ0) is 15.4. The molecular weight excluding hydrogens is 286 g/mol. The Morgan fingerprint density at radius 2 is 2.05 bits per heavy atom. The highest BCUT2D eigenvalue weighted by Crippen LogP contribution is 2.26. The van der Waals surface area contributed by atoms with Crippen LogP contribution in [-0.4, -0.2) is 17.1 Å². The third-order valence-electron chi connectivity index (χ3n) is 3.12. The maximum Gasteiger partial charge on any atom is 0.138 e. The van der Waals surface area contributed by atoms with Crippen molar-refractivity contribution < 1.29 is 4.74 Å². The predicted octanol–water partition coefficient (Wildman–Crippen LogP) is 4.45. The highest BCUT2D eigenvalue weighted by molar-refractivity contribution is 6.30. The van der Waals surface area contributed by atoms with Gasteiger partial charge in [-0.05, 0) is 24.6 Å².